The molecule has 0 radical (unpaired) electrons. The van der Waals surface area contributed by atoms with Gasteiger partial charge in [-0.25, -0.2) is 0 Å². The van der Waals surface area contributed by atoms with E-state index in [0.29, 0.717) is 0 Å². The predicted octanol–water partition coefficient (Wildman–Crippen LogP) is 0.839. The van der Waals surface area contributed by atoms with Crippen molar-refractivity contribution in [2.45, 2.75) is 25.8 Å². The molecule has 10 heavy (non-hydrogen) atoms. The number of hydrogen-bond donors (Lipinski definition) is 2. The van der Waals surface area contributed by atoms with E-state index in [-0.39, 0.29) is 12.6 Å². The Balaban J connectivity index is 2.89. The first-order chi connectivity index (χ1) is 4.81. The number of nitrogens with two attached hydrogens (primary N) is 1. The normalized spacial score (nSPS) is 13.5. The molecular weight excluding hydrogens is 146 g/mol. The molecule has 0 aromatic heterocycles. The summed E-state index contributed by atoms with van der Waals surface area (Å²) >= 11 is 1.91. The van der Waals surface area contributed by atoms with Crippen LogP contribution >= 0.6 is 11.8 Å². The average Bonchev–Trinajstić information content (AvgIpc) is 1.98. The molecule has 3 N–H and O–H groups in total. The zero-order valence-electron chi connectivity index (χ0n) is 6.55. The number of aliphatic hydroxyl groups is 1. The van der Waals surface area contributed by atoms with E-state index in [1.807, 2.05) is 11.8 Å². The summed E-state index contributed by atoms with van der Waals surface area (Å²) in [7, 11) is 0. The third-order valence-corrected chi connectivity index (χ3v) is 2.44. The van der Waals surface area contributed by atoms with Crippen molar-refractivity contribution in [3.63, 3.8) is 0 Å². The fourth-order valence-corrected chi connectivity index (χ4v) is 1.53. The second-order valence-electron chi connectivity index (χ2n) is 2.34. The molecule has 0 amide bonds. The van der Waals surface area contributed by atoms with Crippen LogP contribution in [0.1, 0.15) is 19.8 Å². The van der Waals surface area contributed by atoms with Gasteiger partial charge in [0.2, 0.25) is 0 Å². The smallest absolute Gasteiger partial charge is 0.0582 e. The highest BCUT2D eigenvalue weighted by molar-refractivity contribution is 7.99. The minimum absolute atomic E-state index is 0.00986. The van der Waals surface area contributed by atoms with Crippen LogP contribution in [0.4, 0.5) is 0 Å². The van der Waals surface area contributed by atoms with E-state index in [9.17, 15) is 0 Å². The van der Waals surface area contributed by atoms with Crippen LogP contribution in [0, 0.1) is 0 Å². The van der Waals surface area contributed by atoms with E-state index in [0.717, 1.165) is 12.2 Å². The van der Waals surface area contributed by atoms with Gasteiger partial charge in [0.1, 0.15) is 0 Å². The molecule has 0 rings (SSSR count). The third-order valence-electron chi connectivity index (χ3n) is 1.22. The van der Waals surface area contributed by atoms with Crippen molar-refractivity contribution < 1.29 is 5.11 Å². The molecule has 62 valence electrons. The maximum atomic E-state index is 8.56. The summed E-state index contributed by atoms with van der Waals surface area (Å²) in [6.07, 6.45) is 2.15. The van der Waals surface area contributed by atoms with Gasteiger partial charge in [0.15, 0.2) is 0 Å². The van der Waals surface area contributed by atoms with Crippen LogP contribution in [0.5, 0.6) is 0 Å². The molecular formula is C7H17NOS. The van der Waals surface area contributed by atoms with Crippen LogP contribution in [-0.4, -0.2) is 29.3 Å². The van der Waals surface area contributed by atoms with Crippen molar-refractivity contribution in [3.8, 4) is 0 Å². The standard InChI is InChI=1S/C7H17NOS/c1-2-4-10-5-3-7(8)6-9/h7,9H,2-6,8H2,1H3. The fourth-order valence-electron chi connectivity index (χ4n) is 0.572. The predicted molar refractivity (Wildman–Crippen MR) is 47.3 cm³/mol. The van der Waals surface area contributed by atoms with Gasteiger partial charge in [0.05, 0.1) is 6.61 Å². The zero-order valence-corrected chi connectivity index (χ0v) is 7.36. The summed E-state index contributed by atoms with van der Waals surface area (Å²) < 4.78 is 0. The zero-order chi connectivity index (χ0) is 7.82. The molecule has 0 heterocycles. The molecule has 0 saturated carbocycles. The van der Waals surface area contributed by atoms with Gasteiger partial charge in [-0.3, -0.25) is 0 Å². The monoisotopic (exact) mass is 163 g/mol. The molecule has 0 aromatic carbocycles. The molecule has 3 heteroatoms. The molecule has 1 atom stereocenters. The van der Waals surface area contributed by atoms with Crippen LogP contribution in [0.15, 0.2) is 0 Å². The first kappa shape index (κ1) is 10.3. The number of hydrogen-bond acceptors (Lipinski definition) is 3. The number of rotatable bonds is 6. The van der Waals surface area contributed by atoms with Gasteiger partial charge < -0.3 is 10.8 Å². The van der Waals surface area contributed by atoms with Crippen molar-refractivity contribution in [3.05, 3.63) is 0 Å². The van der Waals surface area contributed by atoms with E-state index in [2.05, 4.69) is 6.92 Å². The van der Waals surface area contributed by atoms with Gasteiger partial charge in [-0.15, -0.1) is 0 Å². The Bertz CT molecular complexity index is 70.6. The molecule has 1 unspecified atom stereocenters. The summed E-state index contributed by atoms with van der Waals surface area (Å²) in [6, 6.07) is -0.00986. The lowest BCUT2D eigenvalue weighted by Crippen LogP contribution is -2.24. The van der Waals surface area contributed by atoms with Crippen molar-refractivity contribution >= 4 is 11.8 Å². The molecule has 0 fully saturated rings. The quantitative estimate of drug-likeness (QED) is 0.570. The Hall–Kier alpha value is 0.270. The molecule has 0 aromatic rings. The summed E-state index contributed by atoms with van der Waals surface area (Å²) in [5, 5.41) is 8.56. The maximum Gasteiger partial charge on any atom is 0.0582 e. The Labute approximate surface area is 67.2 Å². The minimum atomic E-state index is -0.00986. The largest absolute Gasteiger partial charge is 0.395 e. The summed E-state index contributed by atoms with van der Waals surface area (Å²) in [4.78, 5) is 0. The summed E-state index contributed by atoms with van der Waals surface area (Å²) in [6.45, 7) is 2.28. The fraction of sp³-hybridized carbons (Fsp3) is 1.00. The maximum absolute atomic E-state index is 8.56. The third kappa shape index (κ3) is 6.39. The van der Waals surface area contributed by atoms with E-state index in [1.165, 1.54) is 12.2 Å². The molecule has 0 saturated heterocycles. The molecule has 0 bridgehead atoms. The van der Waals surface area contributed by atoms with Crippen LogP contribution < -0.4 is 5.73 Å². The van der Waals surface area contributed by atoms with Gasteiger partial charge in [0, 0.05) is 6.04 Å². The molecule has 2 nitrogen and oxygen atoms in total. The Kier molecular flexibility index (Phi) is 7.58. The Morgan fingerprint density at radius 2 is 2.20 bits per heavy atom. The Morgan fingerprint density at radius 1 is 1.50 bits per heavy atom. The van der Waals surface area contributed by atoms with Gasteiger partial charge >= 0.3 is 0 Å². The van der Waals surface area contributed by atoms with Crippen molar-refractivity contribution in [2.75, 3.05) is 18.1 Å². The van der Waals surface area contributed by atoms with Crippen LogP contribution in [0.2, 0.25) is 0 Å². The topological polar surface area (TPSA) is 46.2 Å². The second-order valence-corrected chi connectivity index (χ2v) is 3.57. The van der Waals surface area contributed by atoms with E-state index in [4.69, 9.17) is 10.8 Å². The molecule has 0 aliphatic carbocycles. The van der Waals surface area contributed by atoms with Gasteiger partial charge in [-0.2, -0.15) is 11.8 Å². The molecule has 0 aliphatic heterocycles. The Morgan fingerprint density at radius 3 is 2.70 bits per heavy atom. The second kappa shape index (κ2) is 7.38. The molecule has 0 aliphatic rings. The van der Waals surface area contributed by atoms with Crippen molar-refractivity contribution in [1.29, 1.82) is 0 Å². The molecule has 0 spiro atoms. The highest BCUT2D eigenvalue weighted by Crippen LogP contribution is 2.04. The minimum Gasteiger partial charge on any atom is -0.395 e. The van der Waals surface area contributed by atoms with Gasteiger partial charge in [-0.05, 0) is 24.3 Å². The number of thioether (sulfide) groups is 1. The van der Waals surface area contributed by atoms with Crippen molar-refractivity contribution in [2.24, 2.45) is 5.73 Å². The van der Waals surface area contributed by atoms with Gasteiger partial charge in [0.25, 0.3) is 0 Å². The van der Waals surface area contributed by atoms with Crippen LogP contribution in [0.25, 0.3) is 0 Å². The van der Waals surface area contributed by atoms with Crippen LogP contribution in [0.3, 0.4) is 0 Å². The van der Waals surface area contributed by atoms with Gasteiger partial charge in [-0.1, -0.05) is 6.92 Å². The first-order valence-corrected chi connectivity index (χ1v) is 4.91. The van der Waals surface area contributed by atoms with E-state index < -0.39 is 0 Å². The number of aliphatic hydroxyl groups excluding tert-OH is 1. The van der Waals surface area contributed by atoms with E-state index in [1.54, 1.807) is 0 Å². The first-order valence-electron chi connectivity index (χ1n) is 3.75. The van der Waals surface area contributed by atoms with E-state index >= 15 is 0 Å². The lowest BCUT2D eigenvalue weighted by atomic mass is 10.3. The lowest BCUT2D eigenvalue weighted by molar-refractivity contribution is 0.264. The average molecular weight is 163 g/mol. The highest BCUT2D eigenvalue weighted by Gasteiger charge is 1.98. The van der Waals surface area contributed by atoms with Crippen molar-refractivity contribution in [1.82, 2.24) is 0 Å². The SMILES string of the molecule is CCCSCCC(N)CO. The lowest BCUT2D eigenvalue weighted by Gasteiger charge is -2.05. The highest BCUT2D eigenvalue weighted by atomic mass is 32.2. The summed E-state index contributed by atoms with van der Waals surface area (Å²) in [5.74, 6) is 2.29. The summed E-state index contributed by atoms with van der Waals surface area (Å²) in [5.41, 5.74) is 5.49. The van der Waals surface area contributed by atoms with Crippen LogP contribution in [-0.2, 0) is 0 Å².